The van der Waals surface area contributed by atoms with Crippen molar-refractivity contribution in [3.8, 4) is 5.75 Å². The van der Waals surface area contributed by atoms with Crippen LogP contribution >= 0.6 is 0 Å². The Hall–Kier alpha value is -1.87. The van der Waals surface area contributed by atoms with Crippen molar-refractivity contribution < 1.29 is 9.13 Å². The molecule has 2 nitrogen and oxygen atoms in total. The maximum atomic E-state index is 13.3. The lowest BCUT2D eigenvalue weighted by atomic mass is 10.1. The summed E-state index contributed by atoms with van der Waals surface area (Å²) in [7, 11) is 0. The van der Waals surface area contributed by atoms with E-state index in [4.69, 9.17) is 10.5 Å². The predicted molar refractivity (Wildman–Crippen MR) is 79.3 cm³/mol. The molecule has 0 radical (unpaired) electrons. The van der Waals surface area contributed by atoms with Crippen molar-refractivity contribution in [1.82, 2.24) is 0 Å². The molecule has 106 valence electrons. The normalized spacial score (nSPS) is 12.2. The van der Waals surface area contributed by atoms with Gasteiger partial charge in [0.15, 0.2) is 0 Å². The average Bonchev–Trinajstić information content (AvgIpc) is 2.41. The van der Waals surface area contributed by atoms with E-state index in [0.29, 0.717) is 17.9 Å². The minimum Gasteiger partial charge on any atom is -0.489 e. The Balaban J connectivity index is 2.16. The summed E-state index contributed by atoms with van der Waals surface area (Å²) in [6.07, 6.45) is 0. The lowest BCUT2D eigenvalue weighted by molar-refractivity contribution is 0.301. The summed E-state index contributed by atoms with van der Waals surface area (Å²) >= 11 is 0. The molecule has 3 heteroatoms. The molecule has 0 bridgehead atoms. The topological polar surface area (TPSA) is 35.2 Å². The second-order valence-electron chi connectivity index (χ2n) is 5.18. The SMILES string of the molecule is Cc1ccc(COc2ccc(F)cc2C(C)N)cc1C. The fourth-order valence-electron chi connectivity index (χ4n) is 2.06. The highest BCUT2D eigenvalue weighted by atomic mass is 19.1. The van der Waals surface area contributed by atoms with E-state index in [-0.39, 0.29) is 11.9 Å². The van der Waals surface area contributed by atoms with Gasteiger partial charge >= 0.3 is 0 Å². The van der Waals surface area contributed by atoms with Crippen LogP contribution in [0.1, 0.15) is 35.2 Å². The summed E-state index contributed by atoms with van der Waals surface area (Å²) in [5.41, 5.74) is 10.1. The Morgan fingerprint density at radius 2 is 1.85 bits per heavy atom. The number of ether oxygens (including phenoxy) is 1. The van der Waals surface area contributed by atoms with Gasteiger partial charge < -0.3 is 10.5 Å². The van der Waals surface area contributed by atoms with Crippen LogP contribution in [-0.4, -0.2) is 0 Å². The molecule has 0 aliphatic rings. The molecule has 2 N–H and O–H groups in total. The molecular weight excluding hydrogens is 253 g/mol. The zero-order valence-electron chi connectivity index (χ0n) is 12.1. The third kappa shape index (κ3) is 3.36. The van der Waals surface area contributed by atoms with Gasteiger partial charge in [-0.15, -0.1) is 0 Å². The molecule has 20 heavy (non-hydrogen) atoms. The van der Waals surface area contributed by atoms with Crippen molar-refractivity contribution in [2.24, 2.45) is 5.73 Å². The molecule has 0 aliphatic carbocycles. The Labute approximate surface area is 119 Å². The van der Waals surface area contributed by atoms with Gasteiger partial charge in [-0.25, -0.2) is 4.39 Å². The minimum absolute atomic E-state index is 0.263. The molecule has 0 saturated heterocycles. The van der Waals surface area contributed by atoms with Crippen molar-refractivity contribution in [3.63, 3.8) is 0 Å². The zero-order valence-corrected chi connectivity index (χ0v) is 12.1. The number of rotatable bonds is 4. The van der Waals surface area contributed by atoms with Gasteiger partial charge in [0.25, 0.3) is 0 Å². The van der Waals surface area contributed by atoms with Crippen molar-refractivity contribution in [2.45, 2.75) is 33.4 Å². The summed E-state index contributed by atoms with van der Waals surface area (Å²) in [6.45, 7) is 6.42. The maximum absolute atomic E-state index is 13.3. The van der Waals surface area contributed by atoms with Gasteiger partial charge in [0.05, 0.1) is 0 Å². The van der Waals surface area contributed by atoms with E-state index < -0.39 is 0 Å². The summed E-state index contributed by atoms with van der Waals surface area (Å²) in [5.74, 6) is 0.343. The molecule has 0 spiro atoms. The highest BCUT2D eigenvalue weighted by molar-refractivity contribution is 5.36. The molecule has 0 aromatic heterocycles. The highest BCUT2D eigenvalue weighted by Gasteiger charge is 2.10. The van der Waals surface area contributed by atoms with Crippen molar-refractivity contribution >= 4 is 0 Å². The van der Waals surface area contributed by atoms with Gasteiger partial charge in [0.1, 0.15) is 18.2 Å². The minimum atomic E-state index is -0.296. The molecule has 1 unspecified atom stereocenters. The zero-order chi connectivity index (χ0) is 14.7. The average molecular weight is 273 g/mol. The van der Waals surface area contributed by atoms with Crippen LogP contribution in [0.4, 0.5) is 4.39 Å². The van der Waals surface area contributed by atoms with Crippen molar-refractivity contribution in [3.05, 3.63) is 64.5 Å². The molecule has 0 fully saturated rings. The summed E-state index contributed by atoms with van der Waals surface area (Å²) in [6, 6.07) is 10.4. The van der Waals surface area contributed by atoms with Gasteiger partial charge in [-0.05, 0) is 55.7 Å². The summed E-state index contributed by atoms with van der Waals surface area (Å²) < 4.78 is 19.0. The fourth-order valence-corrected chi connectivity index (χ4v) is 2.06. The summed E-state index contributed by atoms with van der Waals surface area (Å²) in [4.78, 5) is 0. The van der Waals surface area contributed by atoms with E-state index in [2.05, 4.69) is 26.0 Å². The molecule has 0 amide bonds. The molecule has 0 aliphatic heterocycles. The molecular formula is C17H20FNO. The number of aryl methyl sites for hydroxylation is 2. The van der Waals surface area contributed by atoms with Gasteiger partial charge in [-0.2, -0.15) is 0 Å². The molecule has 1 atom stereocenters. The highest BCUT2D eigenvalue weighted by Crippen LogP contribution is 2.25. The first kappa shape index (κ1) is 14.5. The van der Waals surface area contributed by atoms with E-state index in [1.165, 1.54) is 23.3 Å². The van der Waals surface area contributed by atoms with Crippen LogP contribution < -0.4 is 10.5 Å². The van der Waals surface area contributed by atoms with Crippen LogP contribution in [0.5, 0.6) is 5.75 Å². The molecule has 0 heterocycles. The van der Waals surface area contributed by atoms with E-state index >= 15 is 0 Å². The van der Waals surface area contributed by atoms with Gasteiger partial charge in [0.2, 0.25) is 0 Å². The van der Waals surface area contributed by atoms with Gasteiger partial charge in [-0.1, -0.05) is 18.2 Å². The van der Waals surface area contributed by atoms with Crippen LogP contribution in [-0.2, 0) is 6.61 Å². The van der Waals surface area contributed by atoms with Crippen molar-refractivity contribution in [2.75, 3.05) is 0 Å². The first-order valence-electron chi connectivity index (χ1n) is 6.71. The molecule has 2 aromatic carbocycles. The number of halogens is 1. The van der Waals surface area contributed by atoms with Crippen molar-refractivity contribution in [1.29, 1.82) is 0 Å². The van der Waals surface area contributed by atoms with Crippen LogP contribution in [0, 0.1) is 19.7 Å². The number of hydrogen-bond acceptors (Lipinski definition) is 2. The van der Waals surface area contributed by atoms with E-state index in [1.54, 1.807) is 6.07 Å². The Morgan fingerprint density at radius 3 is 2.50 bits per heavy atom. The Bertz CT molecular complexity index is 608. The van der Waals surface area contributed by atoms with E-state index in [0.717, 1.165) is 5.56 Å². The van der Waals surface area contributed by atoms with Crippen LogP contribution in [0.25, 0.3) is 0 Å². The lowest BCUT2D eigenvalue weighted by Gasteiger charge is -2.14. The van der Waals surface area contributed by atoms with Crippen LogP contribution in [0.3, 0.4) is 0 Å². The maximum Gasteiger partial charge on any atom is 0.124 e. The number of nitrogens with two attached hydrogens (primary N) is 1. The standard InChI is InChI=1S/C17H20FNO/c1-11-4-5-14(8-12(11)2)10-20-17-7-6-15(18)9-16(17)13(3)19/h4-9,13H,10,19H2,1-3H3. The number of hydrogen-bond donors (Lipinski definition) is 1. The number of benzene rings is 2. The predicted octanol–water partition coefficient (Wildman–Crippen LogP) is 4.04. The second kappa shape index (κ2) is 6.06. The quantitative estimate of drug-likeness (QED) is 0.912. The van der Waals surface area contributed by atoms with Gasteiger partial charge in [0, 0.05) is 11.6 Å². The van der Waals surface area contributed by atoms with Crippen LogP contribution in [0.2, 0.25) is 0 Å². The fraction of sp³-hybridized carbons (Fsp3) is 0.294. The Kier molecular flexibility index (Phi) is 4.40. The first-order valence-corrected chi connectivity index (χ1v) is 6.71. The largest absolute Gasteiger partial charge is 0.489 e. The van der Waals surface area contributed by atoms with E-state index in [9.17, 15) is 4.39 Å². The van der Waals surface area contributed by atoms with Crippen LogP contribution in [0.15, 0.2) is 36.4 Å². The molecule has 2 aromatic rings. The van der Waals surface area contributed by atoms with Gasteiger partial charge in [-0.3, -0.25) is 0 Å². The smallest absolute Gasteiger partial charge is 0.124 e. The second-order valence-corrected chi connectivity index (χ2v) is 5.18. The first-order chi connectivity index (χ1) is 9.47. The monoisotopic (exact) mass is 273 g/mol. The third-order valence-electron chi connectivity index (χ3n) is 3.43. The van der Waals surface area contributed by atoms with E-state index in [1.807, 2.05) is 13.0 Å². The summed E-state index contributed by atoms with van der Waals surface area (Å²) in [5, 5.41) is 0. The lowest BCUT2D eigenvalue weighted by Crippen LogP contribution is -2.08. The Morgan fingerprint density at radius 1 is 1.10 bits per heavy atom. The molecule has 0 saturated carbocycles. The third-order valence-corrected chi connectivity index (χ3v) is 3.43. The molecule has 2 rings (SSSR count).